The molecule has 0 radical (unpaired) electrons. The summed E-state index contributed by atoms with van der Waals surface area (Å²) < 4.78 is 0. The molecule has 13 rings (SSSR count). The highest BCUT2D eigenvalue weighted by molar-refractivity contribution is 5.96. The van der Waals surface area contributed by atoms with Gasteiger partial charge in [-0.25, -0.2) is 15.0 Å². The van der Waals surface area contributed by atoms with Crippen LogP contribution < -0.4 is 0 Å². The number of rotatable bonds is 5. The first-order valence-electron chi connectivity index (χ1n) is 21.6. The standard InChI is InChI=1S/C60H37N3/c1-2-14-38(15-3-1)46-34-47(43-30-31-52-51-22-10-13-25-55(51)60(56(52)37-43)53-23-11-8-20-49(53)50-21-9-12-24-54(50)60)36-48(35-46)59-62-57(44-28-26-39-16-4-6-18-41(39)32-44)61-58(63-59)45-29-27-40-17-5-7-19-42(40)33-45/h1-37H. The van der Waals surface area contributed by atoms with Crippen LogP contribution in [0.4, 0.5) is 0 Å². The molecule has 1 aromatic heterocycles. The van der Waals surface area contributed by atoms with Gasteiger partial charge in [-0.15, -0.1) is 0 Å². The molecule has 0 amide bonds. The van der Waals surface area contributed by atoms with Crippen LogP contribution in [-0.4, -0.2) is 15.0 Å². The van der Waals surface area contributed by atoms with Crippen molar-refractivity contribution in [1.29, 1.82) is 0 Å². The molecule has 0 saturated carbocycles. The molecular weight excluding hydrogens is 763 g/mol. The van der Waals surface area contributed by atoms with Crippen LogP contribution in [0.3, 0.4) is 0 Å². The van der Waals surface area contributed by atoms with E-state index in [9.17, 15) is 0 Å². The van der Waals surface area contributed by atoms with Crippen molar-refractivity contribution >= 4 is 21.5 Å². The topological polar surface area (TPSA) is 38.7 Å². The molecular formula is C60H37N3. The van der Waals surface area contributed by atoms with Gasteiger partial charge in [0.25, 0.3) is 0 Å². The third-order valence-corrected chi connectivity index (χ3v) is 13.3. The van der Waals surface area contributed by atoms with E-state index in [4.69, 9.17) is 15.0 Å². The van der Waals surface area contributed by atoms with Crippen LogP contribution in [0, 0.1) is 0 Å². The molecule has 0 aliphatic heterocycles. The number of benzene rings is 10. The lowest BCUT2D eigenvalue weighted by molar-refractivity contribution is 0.794. The Morgan fingerprint density at radius 1 is 0.222 bits per heavy atom. The van der Waals surface area contributed by atoms with Crippen molar-refractivity contribution in [3.05, 3.63) is 247 Å². The molecule has 11 aromatic rings. The predicted molar refractivity (Wildman–Crippen MR) is 258 cm³/mol. The Labute approximate surface area is 365 Å². The fraction of sp³-hybridized carbons (Fsp3) is 0.0167. The summed E-state index contributed by atoms with van der Waals surface area (Å²) in [6.45, 7) is 0. The maximum atomic E-state index is 5.31. The van der Waals surface area contributed by atoms with Crippen LogP contribution in [0.1, 0.15) is 22.3 Å². The van der Waals surface area contributed by atoms with Gasteiger partial charge in [0.1, 0.15) is 0 Å². The smallest absolute Gasteiger partial charge is 0.164 e. The molecule has 0 bridgehead atoms. The number of hydrogen-bond acceptors (Lipinski definition) is 3. The molecule has 0 N–H and O–H groups in total. The fourth-order valence-electron chi connectivity index (χ4n) is 10.4. The van der Waals surface area contributed by atoms with Gasteiger partial charge >= 0.3 is 0 Å². The van der Waals surface area contributed by atoms with Gasteiger partial charge in [0, 0.05) is 16.7 Å². The molecule has 0 unspecified atom stereocenters. The number of nitrogens with zero attached hydrogens (tertiary/aromatic N) is 3. The minimum absolute atomic E-state index is 0.438. The average molecular weight is 800 g/mol. The lowest BCUT2D eigenvalue weighted by Crippen LogP contribution is -2.25. The van der Waals surface area contributed by atoms with E-state index in [1.807, 2.05) is 0 Å². The summed E-state index contributed by atoms with van der Waals surface area (Å²) in [4.78, 5) is 15.8. The Balaban J connectivity index is 1.04. The lowest BCUT2D eigenvalue weighted by atomic mass is 9.70. The summed E-state index contributed by atoms with van der Waals surface area (Å²) >= 11 is 0. The Morgan fingerprint density at radius 2 is 0.619 bits per heavy atom. The predicted octanol–water partition coefficient (Wildman–Crippen LogP) is 14.9. The van der Waals surface area contributed by atoms with E-state index < -0.39 is 5.41 Å². The molecule has 1 spiro atoms. The molecule has 10 aromatic carbocycles. The van der Waals surface area contributed by atoms with Crippen molar-refractivity contribution in [3.8, 4) is 78.7 Å². The minimum atomic E-state index is -0.438. The van der Waals surface area contributed by atoms with Gasteiger partial charge in [-0.3, -0.25) is 0 Å². The minimum Gasteiger partial charge on any atom is -0.208 e. The monoisotopic (exact) mass is 799 g/mol. The first kappa shape index (κ1) is 35.5. The van der Waals surface area contributed by atoms with Crippen molar-refractivity contribution in [3.63, 3.8) is 0 Å². The van der Waals surface area contributed by atoms with Crippen LogP contribution in [0.5, 0.6) is 0 Å². The van der Waals surface area contributed by atoms with Crippen LogP contribution in [0.15, 0.2) is 224 Å². The number of hydrogen-bond donors (Lipinski definition) is 0. The highest BCUT2D eigenvalue weighted by Crippen LogP contribution is 2.63. The van der Waals surface area contributed by atoms with Crippen molar-refractivity contribution in [1.82, 2.24) is 15.0 Å². The zero-order chi connectivity index (χ0) is 41.5. The fourth-order valence-corrected chi connectivity index (χ4v) is 10.4. The van der Waals surface area contributed by atoms with E-state index in [1.54, 1.807) is 0 Å². The summed E-state index contributed by atoms with van der Waals surface area (Å²) in [5.41, 5.74) is 17.3. The van der Waals surface area contributed by atoms with Gasteiger partial charge in [0.2, 0.25) is 0 Å². The van der Waals surface area contributed by atoms with E-state index in [1.165, 1.54) is 55.3 Å². The van der Waals surface area contributed by atoms with E-state index in [0.29, 0.717) is 17.5 Å². The van der Waals surface area contributed by atoms with Crippen LogP contribution in [0.25, 0.3) is 100 Å². The Bertz CT molecular complexity index is 3480. The van der Waals surface area contributed by atoms with Crippen LogP contribution in [0.2, 0.25) is 0 Å². The van der Waals surface area contributed by atoms with Crippen molar-refractivity contribution < 1.29 is 0 Å². The van der Waals surface area contributed by atoms with Crippen LogP contribution in [-0.2, 0) is 5.41 Å². The van der Waals surface area contributed by atoms with Gasteiger partial charge in [-0.2, -0.15) is 0 Å². The van der Waals surface area contributed by atoms with Gasteiger partial charge in [0.05, 0.1) is 5.41 Å². The molecule has 63 heavy (non-hydrogen) atoms. The largest absolute Gasteiger partial charge is 0.208 e. The van der Waals surface area contributed by atoms with E-state index in [0.717, 1.165) is 49.7 Å². The third-order valence-electron chi connectivity index (χ3n) is 13.3. The maximum Gasteiger partial charge on any atom is 0.164 e. The number of aromatic nitrogens is 3. The zero-order valence-corrected chi connectivity index (χ0v) is 34.2. The summed E-state index contributed by atoms with van der Waals surface area (Å²) in [5, 5.41) is 4.63. The molecule has 292 valence electrons. The summed E-state index contributed by atoms with van der Waals surface area (Å²) in [7, 11) is 0. The highest BCUT2D eigenvalue weighted by atomic mass is 15.0. The molecule has 0 fully saturated rings. The SMILES string of the molecule is c1ccc(-c2cc(-c3ccc4c(c3)C3(c5ccccc5-c5ccccc53)c3ccccc3-4)cc(-c3nc(-c4ccc5ccccc5c4)nc(-c4ccc5ccccc5c4)n3)c2)cc1. The zero-order valence-electron chi connectivity index (χ0n) is 34.2. The molecule has 3 heteroatoms. The normalized spacial score (nSPS) is 12.9. The second-order valence-electron chi connectivity index (χ2n) is 16.7. The Morgan fingerprint density at radius 3 is 1.16 bits per heavy atom. The Kier molecular flexibility index (Phi) is 7.82. The second-order valence-corrected chi connectivity index (χ2v) is 16.7. The van der Waals surface area contributed by atoms with Gasteiger partial charge in [-0.1, -0.05) is 188 Å². The van der Waals surface area contributed by atoms with E-state index >= 15 is 0 Å². The van der Waals surface area contributed by atoms with Gasteiger partial charge in [0.15, 0.2) is 17.5 Å². The molecule has 1 heterocycles. The Hall–Kier alpha value is -8.27. The first-order valence-corrected chi connectivity index (χ1v) is 21.6. The molecule has 0 saturated heterocycles. The quantitative estimate of drug-likeness (QED) is 0.174. The summed E-state index contributed by atoms with van der Waals surface area (Å²) in [6.07, 6.45) is 0. The van der Waals surface area contributed by atoms with Crippen LogP contribution >= 0.6 is 0 Å². The second kappa shape index (κ2) is 13.9. The lowest BCUT2D eigenvalue weighted by Gasteiger charge is -2.30. The highest BCUT2D eigenvalue weighted by Gasteiger charge is 2.51. The van der Waals surface area contributed by atoms with Crippen molar-refractivity contribution in [2.45, 2.75) is 5.41 Å². The third kappa shape index (κ3) is 5.50. The van der Waals surface area contributed by atoms with E-state index in [2.05, 4.69) is 224 Å². The van der Waals surface area contributed by atoms with E-state index in [-0.39, 0.29) is 0 Å². The van der Waals surface area contributed by atoms with Crippen molar-refractivity contribution in [2.75, 3.05) is 0 Å². The molecule has 2 aliphatic carbocycles. The first-order chi connectivity index (χ1) is 31.2. The molecule has 3 nitrogen and oxygen atoms in total. The average Bonchev–Trinajstić information content (AvgIpc) is 3.83. The summed E-state index contributed by atoms with van der Waals surface area (Å²) in [6, 6.07) is 81.3. The van der Waals surface area contributed by atoms with Gasteiger partial charge in [-0.05, 0) is 125 Å². The van der Waals surface area contributed by atoms with Crippen molar-refractivity contribution in [2.24, 2.45) is 0 Å². The summed E-state index contributed by atoms with van der Waals surface area (Å²) in [5.74, 6) is 1.90. The van der Waals surface area contributed by atoms with Gasteiger partial charge < -0.3 is 0 Å². The molecule has 0 atom stereocenters. The molecule has 2 aliphatic rings. The maximum absolute atomic E-state index is 5.31. The number of fused-ring (bicyclic) bond motifs is 12.